The molecule has 1 aliphatic heterocycles. The van der Waals surface area contributed by atoms with Crippen LogP contribution in [0.15, 0.2) is 11.0 Å². The molecule has 1 saturated carbocycles. The molecule has 134 valence electrons. The molecule has 1 aliphatic carbocycles. The average Bonchev–Trinajstić information content (AvgIpc) is 3.16. The molecule has 1 saturated heterocycles. The second-order valence-electron chi connectivity index (χ2n) is 7.08. The molecule has 4 rings (SSSR count). The van der Waals surface area contributed by atoms with E-state index in [9.17, 15) is 9.59 Å². The zero-order chi connectivity index (χ0) is 17.6. The van der Waals surface area contributed by atoms with Gasteiger partial charge in [0.15, 0.2) is 5.65 Å². The summed E-state index contributed by atoms with van der Waals surface area (Å²) in [5.74, 6) is 0.893. The number of likely N-dealkylation sites (tertiary alicyclic amines) is 1. The summed E-state index contributed by atoms with van der Waals surface area (Å²) in [5.41, 5.74) is 0.370. The van der Waals surface area contributed by atoms with Gasteiger partial charge in [-0.1, -0.05) is 12.8 Å². The number of rotatable bonds is 3. The Bertz CT molecular complexity index is 858. The number of carbonyl (C=O) groups excluding carboxylic acids is 1. The first kappa shape index (κ1) is 16.3. The Kier molecular flexibility index (Phi) is 4.07. The molecular weight excluding hydrogens is 322 g/mol. The normalized spacial score (nSPS) is 26.7. The van der Waals surface area contributed by atoms with Gasteiger partial charge in [-0.05, 0) is 25.2 Å². The van der Waals surface area contributed by atoms with Crippen LogP contribution in [0.25, 0.3) is 11.0 Å². The minimum absolute atomic E-state index is 0.192. The largest absolute Gasteiger partial charge is 0.468 e. The maximum absolute atomic E-state index is 12.3. The third-order valence-corrected chi connectivity index (χ3v) is 5.68. The zero-order valence-electron chi connectivity index (χ0n) is 14.6. The summed E-state index contributed by atoms with van der Waals surface area (Å²) >= 11 is 0. The summed E-state index contributed by atoms with van der Waals surface area (Å²) in [4.78, 5) is 34.2. The highest BCUT2D eigenvalue weighted by Crippen LogP contribution is 2.40. The highest BCUT2D eigenvalue weighted by atomic mass is 16.5. The van der Waals surface area contributed by atoms with Gasteiger partial charge in [0.2, 0.25) is 0 Å². The molecule has 0 amide bonds. The van der Waals surface area contributed by atoms with Gasteiger partial charge in [-0.25, -0.2) is 4.98 Å². The number of aromatic nitrogens is 4. The van der Waals surface area contributed by atoms with Crippen LogP contribution in [0.5, 0.6) is 0 Å². The summed E-state index contributed by atoms with van der Waals surface area (Å²) in [6.07, 6.45) is 6.98. The van der Waals surface area contributed by atoms with Crippen molar-refractivity contribution in [2.24, 2.45) is 13.0 Å². The molecule has 2 aromatic rings. The Morgan fingerprint density at radius 3 is 3.00 bits per heavy atom. The fourth-order valence-corrected chi connectivity index (χ4v) is 4.47. The van der Waals surface area contributed by atoms with Crippen LogP contribution in [0.1, 0.15) is 37.9 Å². The van der Waals surface area contributed by atoms with Crippen molar-refractivity contribution in [2.45, 2.75) is 50.7 Å². The van der Waals surface area contributed by atoms with Crippen LogP contribution in [0, 0.1) is 5.92 Å². The van der Waals surface area contributed by atoms with Crippen molar-refractivity contribution in [3.05, 3.63) is 22.4 Å². The monoisotopic (exact) mass is 345 g/mol. The topological polar surface area (TPSA) is 93.1 Å². The van der Waals surface area contributed by atoms with Crippen LogP contribution in [0.2, 0.25) is 0 Å². The van der Waals surface area contributed by atoms with E-state index in [1.165, 1.54) is 26.1 Å². The van der Waals surface area contributed by atoms with Crippen molar-refractivity contribution in [1.29, 1.82) is 0 Å². The standard InChI is InChI=1S/C17H23N5O3/c1-21-15-11(8-18-21)16(23)20-14(19-15)9-22-12-6-4-3-5-10(12)7-13(22)17(24)25-2/h8,10,12-13H,3-7,9H2,1-2H3,(H,19,20,23)/t10-,12+,13-/m0/s1. The number of H-pyrrole nitrogens is 1. The number of esters is 1. The lowest BCUT2D eigenvalue weighted by Crippen LogP contribution is -2.42. The molecule has 2 aliphatic rings. The van der Waals surface area contributed by atoms with Crippen LogP contribution in [0.4, 0.5) is 0 Å². The summed E-state index contributed by atoms with van der Waals surface area (Å²) in [6.45, 7) is 0.442. The van der Waals surface area contributed by atoms with E-state index in [4.69, 9.17) is 4.74 Å². The van der Waals surface area contributed by atoms with Crippen LogP contribution < -0.4 is 5.56 Å². The van der Waals surface area contributed by atoms with E-state index in [1.54, 1.807) is 11.7 Å². The Morgan fingerprint density at radius 2 is 2.20 bits per heavy atom. The van der Waals surface area contributed by atoms with Crippen LogP contribution in [-0.4, -0.2) is 49.8 Å². The molecule has 25 heavy (non-hydrogen) atoms. The lowest BCUT2D eigenvalue weighted by Gasteiger charge is -2.32. The van der Waals surface area contributed by atoms with E-state index in [2.05, 4.69) is 20.0 Å². The molecular formula is C17H23N5O3. The van der Waals surface area contributed by atoms with E-state index < -0.39 is 0 Å². The van der Waals surface area contributed by atoms with Gasteiger partial charge in [0.25, 0.3) is 5.56 Å². The number of nitrogens with one attached hydrogen (secondary N) is 1. The van der Waals surface area contributed by atoms with Gasteiger partial charge in [0.1, 0.15) is 17.3 Å². The SMILES string of the molecule is COC(=O)[C@@H]1C[C@@H]2CCCC[C@H]2N1Cc1nc2c(cnn2C)c(=O)[nH]1. The number of aryl methyl sites for hydroxylation is 1. The molecule has 0 bridgehead atoms. The molecule has 3 heterocycles. The van der Waals surface area contributed by atoms with Gasteiger partial charge in [-0.15, -0.1) is 0 Å². The van der Waals surface area contributed by atoms with Gasteiger partial charge >= 0.3 is 5.97 Å². The maximum atomic E-state index is 12.3. The summed E-state index contributed by atoms with van der Waals surface area (Å²) < 4.78 is 6.62. The number of ether oxygens (including phenoxy) is 1. The van der Waals surface area contributed by atoms with Crippen molar-refractivity contribution in [1.82, 2.24) is 24.6 Å². The van der Waals surface area contributed by atoms with E-state index in [0.29, 0.717) is 35.4 Å². The molecule has 0 radical (unpaired) electrons. The molecule has 0 spiro atoms. The Labute approximate surface area is 145 Å². The molecule has 3 atom stereocenters. The lowest BCUT2D eigenvalue weighted by molar-refractivity contribution is -0.146. The molecule has 8 nitrogen and oxygen atoms in total. The Hall–Kier alpha value is -2.22. The van der Waals surface area contributed by atoms with Crippen molar-refractivity contribution < 1.29 is 9.53 Å². The van der Waals surface area contributed by atoms with Crippen LogP contribution in [-0.2, 0) is 23.1 Å². The summed E-state index contributed by atoms with van der Waals surface area (Å²) in [5, 5.41) is 4.58. The fraction of sp³-hybridized carbons (Fsp3) is 0.647. The molecule has 0 unspecified atom stereocenters. The average molecular weight is 345 g/mol. The van der Waals surface area contributed by atoms with Crippen LogP contribution in [0.3, 0.4) is 0 Å². The maximum Gasteiger partial charge on any atom is 0.323 e. The molecule has 1 N–H and O–H groups in total. The number of fused-ring (bicyclic) bond motifs is 2. The van der Waals surface area contributed by atoms with Gasteiger partial charge < -0.3 is 9.72 Å². The second-order valence-corrected chi connectivity index (χ2v) is 7.08. The third kappa shape index (κ3) is 2.74. The van der Waals surface area contributed by atoms with E-state index in [-0.39, 0.29) is 17.6 Å². The predicted molar refractivity (Wildman–Crippen MR) is 90.8 cm³/mol. The van der Waals surface area contributed by atoms with Crippen molar-refractivity contribution in [3.8, 4) is 0 Å². The molecule has 0 aromatic carbocycles. The molecule has 8 heteroatoms. The fourth-order valence-electron chi connectivity index (χ4n) is 4.47. The van der Waals surface area contributed by atoms with Gasteiger partial charge in [-0.2, -0.15) is 5.10 Å². The lowest BCUT2D eigenvalue weighted by atomic mass is 9.85. The van der Waals surface area contributed by atoms with Crippen molar-refractivity contribution >= 4 is 17.0 Å². The Morgan fingerprint density at radius 1 is 1.40 bits per heavy atom. The zero-order valence-corrected chi connectivity index (χ0v) is 14.6. The van der Waals surface area contributed by atoms with Crippen molar-refractivity contribution in [2.75, 3.05) is 7.11 Å². The number of hydrogen-bond donors (Lipinski definition) is 1. The first-order chi connectivity index (χ1) is 12.1. The summed E-state index contributed by atoms with van der Waals surface area (Å²) in [6, 6.07) is 0.0935. The Balaban J connectivity index is 1.68. The third-order valence-electron chi connectivity index (χ3n) is 5.68. The van der Waals surface area contributed by atoms with Gasteiger partial charge in [-0.3, -0.25) is 19.2 Å². The number of aromatic amines is 1. The first-order valence-electron chi connectivity index (χ1n) is 8.83. The summed E-state index contributed by atoms with van der Waals surface area (Å²) in [7, 11) is 3.20. The van der Waals surface area contributed by atoms with E-state index in [1.807, 2.05) is 0 Å². The highest BCUT2D eigenvalue weighted by molar-refractivity contribution is 5.76. The van der Waals surface area contributed by atoms with Crippen molar-refractivity contribution in [3.63, 3.8) is 0 Å². The minimum Gasteiger partial charge on any atom is -0.468 e. The van der Waals surface area contributed by atoms with E-state index >= 15 is 0 Å². The predicted octanol–water partition coefficient (Wildman–Crippen LogP) is 0.963. The first-order valence-corrected chi connectivity index (χ1v) is 8.83. The number of hydrogen-bond acceptors (Lipinski definition) is 6. The van der Waals surface area contributed by atoms with E-state index in [0.717, 1.165) is 19.3 Å². The number of carbonyl (C=O) groups is 1. The smallest absolute Gasteiger partial charge is 0.323 e. The van der Waals surface area contributed by atoms with Crippen LogP contribution >= 0.6 is 0 Å². The van der Waals surface area contributed by atoms with Gasteiger partial charge in [0, 0.05) is 13.1 Å². The molecule has 2 aromatic heterocycles. The quantitative estimate of drug-likeness (QED) is 0.833. The number of nitrogens with zero attached hydrogens (tertiary/aromatic N) is 4. The highest BCUT2D eigenvalue weighted by Gasteiger charge is 2.45. The number of methoxy groups -OCH3 is 1. The second kappa shape index (κ2) is 6.25. The van der Waals surface area contributed by atoms with Gasteiger partial charge in [0.05, 0.1) is 19.9 Å². The minimum atomic E-state index is -0.259. The molecule has 2 fully saturated rings.